The number of rotatable bonds is 4. The van der Waals surface area contributed by atoms with Gasteiger partial charge in [-0.05, 0) is 18.4 Å². The van der Waals surface area contributed by atoms with E-state index in [9.17, 15) is 9.90 Å². The maximum atomic E-state index is 11.4. The number of carboxylic acid groups (broad SMARTS) is 1. The van der Waals surface area contributed by atoms with E-state index in [1.165, 1.54) is 11.3 Å². The molecular formula is C16H13NO3S. The maximum Gasteiger partial charge on any atom is 0.339 e. The van der Waals surface area contributed by atoms with Gasteiger partial charge < -0.3 is 9.84 Å². The van der Waals surface area contributed by atoms with Gasteiger partial charge in [-0.25, -0.2) is 9.78 Å². The molecule has 4 nitrogen and oxygen atoms in total. The van der Waals surface area contributed by atoms with Crippen molar-refractivity contribution in [3.8, 4) is 5.75 Å². The molecule has 1 aromatic heterocycles. The van der Waals surface area contributed by atoms with Crippen molar-refractivity contribution in [1.29, 1.82) is 0 Å². The van der Waals surface area contributed by atoms with Crippen LogP contribution in [-0.2, 0) is 6.61 Å². The minimum atomic E-state index is -0.994. The number of hydrogen-bond donors (Lipinski definition) is 1. The molecule has 0 unspecified atom stereocenters. The van der Waals surface area contributed by atoms with Crippen molar-refractivity contribution in [2.24, 2.45) is 0 Å². The van der Waals surface area contributed by atoms with Crippen molar-refractivity contribution < 1.29 is 14.6 Å². The van der Waals surface area contributed by atoms with Crippen molar-refractivity contribution in [3.63, 3.8) is 0 Å². The molecule has 0 fully saturated rings. The molecule has 0 amide bonds. The van der Waals surface area contributed by atoms with E-state index in [0.29, 0.717) is 5.75 Å². The first-order valence-corrected chi connectivity index (χ1v) is 7.32. The Labute approximate surface area is 125 Å². The first kappa shape index (κ1) is 13.6. The number of aryl methyl sites for hydroxylation is 1. The zero-order chi connectivity index (χ0) is 14.8. The van der Waals surface area contributed by atoms with Gasteiger partial charge in [-0.15, -0.1) is 11.3 Å². The Bertz CT molecular complexity index is 810. The molecule has 3 aromatic rings. The van der Waals surface area contributed by atoms with Crippen LogP contribution in [0.4, 0.5) is 0 Å². The van der Waals surface area contributed by atoms with Crippen LogP contribution in [0.2, 0.25) is 0 Å². The van der Waals surface area contributed by atoms with Crippen molar-refractivity contribution in [3.05, 3.63) is 58.0 Å². The molecule has 3 rings (SSSR count). The Balaban J connectivity index is 2.01. The van der Waals surface area contributed by atoms with E-state index in [1.807, 2.05) is 36.6 Å². The summed E-state index contributed by atoms with van der Waals surface area (Å²) >= 11 is 1.50. The van der Waals surface area contributed by atoms with E-state index in [0.717, 1.165) is 21.5 Å². The van der Waals surface area contributed by atoms with Crippen molar-refractivity contribution in [2.45, 2.75) is 13.5 Å². The summed E-state index contributed by atoms with van der Waals surface area (Å²) in [6.07, 6.45) is 0. The van der Waals surface area contributed by atoms with E-state index < -0.39 is 5.97 Å². The van der Waals surface area contributed by atoms with E-state index in [4.69, 9.17) is 4.74 Å². The van der Waals surface area contributed by atoms with E-state index in [1.54, 1.807) is 12.1 Å². The Morgan fingerprint density at radius 3 is 2.81 bits per heavy atom. The summed E-state index contributed by atoms with van der Waals surface area (Å²) in [4.78, 5) is 15.7. The topological polar surface area (TPSA) is 59.4 Å². The normalized spacial score (nSPS) is 10.7. The third kappa shape index (κ3) is 2.73. The predicted octanol–water partition coefficient (Wildman–Crippen LogP) is 3.88. The van der Waals surface area contributed by atoms with Crippen molar-refractivity contribution >= 4 is 28.1 Å². The van der Waals surface area contributed by atoms with Gasteiger partial charge in [0.25, 0.3) is 0 Å². The number of nitrogens with zero attached hydrogens (tertiary/aromatic N) is 1. The predicted molar refractivity (Wildman–Crippen MR) is 82.1 cm³/mol. The molecule has 0 saturated carbocycles. The molecule has 0 radical (unpaired) electrons. The van der Waals surface area contributed by atoms with E-state index in [-0.39, 0.29) is 12.2 Å². The molecule has 1 heterocycles. The number of aromatic carboxylic acids is 1. The quantitative estimate of drug-likeness (QED) is 0.794. The Morgan fingerprint density at radius 2 is 2.10 bits per heavy atom. The number of aromatic nitrogens is 1. The first-order chi connectivity index (χ1) is 10.1. The highest BCUT2D eigenvalue weighted by molar-refractivity contribution is 7.09. The lowest BCUT2D eigenvalue weighted by atomic mass is 10.1. The maximum absolute atomic E-state index is 11.4. The zero-order valence-corrected chi connectivity index (χ0v) is 12.2. The second kappa shape index (κ2) is 5.54. The second-order valence-corrected chi connectivity index (χ2v) is 5.58. The van der Waals surface area contributed by atoms with E-state index in [2.05, 4.69) is 4.98 Å². The average molecular weight is 299 g/mol. The molecule has 21 heavy (non-hydrogen) atoms. The molecule has 0 bridgehead atoms. The number of carboxylic acids is 1. The highest BCUT2D eigenvalue weighted by atomic mass is 32.1. The molecule has 0 aliphatic carbocycles. The monoisotopic (exact) mass is 299 g/mol. The van der Waals surface area contributed by atoms with Gasteiger partial charge in [0.2, 0.25) is 0 Å². The molecule has 0 aliphatic rings. The average Bonchev–Trinajstić information content (AvgIpc) is 2.90. The minimum Gasteiger partial charge on any atom is -0.485 e. The lowest BCUT2D eigenvalue weighted by Gasteiger charge is -2.11. The Kier molecular flexibility index (Phi) is 3.58. The van der Waals surface area contributed by atoms with Gasteiger partial charge in [-0.3, -0.25) is 0 Å². The number of benzene rings is 2. The third-order valence-corrected chi connectivity index (χ3v) is 4.06. The van der Waals surface area contributed by atoms with Gasteiger partial charge in [0, 0.05) is 16.5 Å². The summed E-state index contributed by atoms with van der Waals surface area (Å²) in [7, 11) is 0. The van der Waals surface area contributed by atoms with Gasteiger partial charge in [0.05, 0.1) is 0 Å². The molecule has 2 aromatic carbocycles. The fourth-order valence-electron chi connectivity index (χ4n) is 2.17. The SMILES string of the molecule is Cc1csc(COc2c(C(=O)O)ccc3ccccc23)n1. The van der Waals surface area contributed by atoms with Crippen LogP contribution in [0.1, 0.15) is 21.1 Å². The summed E-state index contributed by atoms with van der Waals surface area (Å²) in [6, 6.07) is 10.9. The summed E-state index contributed by atoms with van der Waals surface area (Å²) in [5, 5.41) is 13.9. The molecule has 1 N–H and O–H groups in total. The highest BCUT2D eigenvalue weighted by Gasteiger charge is 2.15. The molecule has 0 atom stereocenters. The van der Waals surface area contributed by atoms with Crippen LogP contribution in [0, 0.1) is 6.92 Å². The largest absolute Gasteiger partial charge is 0.485 e. The fraction of sp³-hybridized carbons (Fsp3) is 0.125. The van der Waals surface area contributed by atoms with Crippen LogP contribution in [0.3, 0.4) is 0 Å². The van der Waals surface area contributed by atoms with Crippen LogP contribution in [-0.4, -0.2) is 16.1 Å². The Morgan fingerprint density at radius 1 is 1.29 bits per heavy atom. The van der Waals surface area contributed by atoms with Gasteiger partial charge in [-0.1, -0.05) is 30.3 Å². The zero-order valence-electron chi connectivity index (χ0n) is 11.4. The number of thiazole rings is 1. The summed E-state index contributed by atoms with van der Waals surface area (Å²) in [6.45, 7) is 2.19. The van der Waals surface area contributed by atoms with Crippen LogP contribution >= 0.6 is 11.3 Å². The highest BCUT2D eigenvalue weighted by Crippen LogP contribution is 2.30. The second-order valence-electron chi connectivity index (χ2n) is 4.64. The van der Waals surface area contributed by atoms with Crippen LogP contribution in [0.25, 0.3) is 10.8 Å². The van der Waals surface area contributed by atoms with Gasteiger partial charge in [-0.2, -0.15) is 0 Å². The van der Waals surface area contributed by atoms with Crippen LogP contribution in [0.15, 0.2) is 41.8 Å². The van der Waals surface area contributed by atoms with Crippen molar-refractivity contribution in [2.75, 3.05) is 0 Å². The Hall–Kier alpha value is -2.40. The molecule has 5 heteroatoms. The number of fused-ring (bicyclic) bond motifs is 1. The smallest absolute Gasteiger partial charge is 0.339 e. The molecule has 0 saturated heterocycles. The standard InChI is InChI=1S/C16H13NO3S/c1-10-9-21-14(17-10)8-20-15-12-5-3-2-4-11(12)6-7-13(15)16(18)19/h2-7,9H,8H2,1H3,(H,18,19). The number of carbonyl (C=O) groups is 1. The molecule has 0 spiro atoms. The first-order valence-electron chi connectivity index (χ1n) is 6.44. The number of hydrogen-bond acceptors (Lipinski definition) is 4. The minimum absolute atomic E-state index is 0.168. The summed E-state index contributed by atoms with van der Waals surface area (Å²) in [5.74, 6) is -0.598. The van der Waals surface area contributed by atoms with Crippen molar-refractivity contribution in [1.82, 2.24) is 4.98 Å². The van der Waals surface area contributed by atoms with Gasteiger partial charge >= 0.3 is 5.97 Å². The van der Waals surface area contributed by atoms with Gasteiger partial charge in [0.15, 0.2) is 0 Å². The third-order valence-electron chi connectivity index (χ3n) is 3.12. The van der Waals surface area contributed by atoms with Crippen LogP contribution in [0.5, 0.6) is 5.75 Å². The van der Waals surface area contributed by atoms with E-state index >= 15 is 0 Å². The molecule has 0 aliphatic heterocycles. The molecule has 106 valence electrons. The fourth-order valence-corrected chi connectivity index (χ4v) is 2.85. The number of ether oxygens (including phenoxy) is 1. The lowest BCUT2D eigenvalue weighted by molar-refractivity contribution is 0.0692. The molecular weight excluding hydrogens is 286 g/mol. The summed E-state index contributed by atoms with van der Waals surface area (Å²) < 4.78 is 5.78. The van der Waals surface area contributed by atoms with Crippen LogP contribution < -0.4 is 4.74 Å². The van der Waals surface area contributed by atoms with Gasteiger partial charge in [0.1, 0.15) is 22.9 Å². The lowest BCUT2D eigenvalue weighted by Crippen LogP contribution is -2.04. The summed E-state index contributed by atoms with van der Waals surface area (Å²) in [5.41, 5.74) is 1.11.